The summed E-state index contributed by atoms with van der Waals surface area (Å²) >= 11 is 0. The summed E-state index contributed by atoms with van der Waals surface area (Å²) < 4.78 is 16.6. The lowest BCUT2D eigenvalue weighted by molar-refractivity contribution is -0.128. The third-order valence-electron chi connectivity index (χ3n) is 12.6. The molecule has 3 saturated heterocycles. The second kappa shape index (κ2) is 13.4. The van der Waals surface area contributed by atoms with Gasteiger partial charge in [-0.3, -0.25) is 24.4 Å². The summed E-state index contributed by atoms with van der Waals surface area (Å²) in [6, 6.07) is 5.85. The highest BCUT2D eigenvalue weighted by Crippen LogP contribution is 2.44. The summed E-state index contributed by atoms with van der Waals surface area (Å²) in [6.45, 7) is 19.0. The highest BCUT2D eigenvalue weighted by molar-refractivity contribution is 5.99. The third-order valence-corrected chi connectivity index (χ3v) is 12.6. The van der Waals surface area contributed by atoms with E-state index in [1.807, 2.05) is 26.2 Å². The Morgan fingerprint density at radius 3 is 2.39 bits per heavy atom. The Hall–Kier alpha value is -3.30. The fourth-order valence-electron chi connectivity index (χ4n) is 9.78. The fourth-order valence-corrected chi connectivity index (χ4v) is 9.78. The molecule has 4 fully saturated rings. The van der Waals surface area contributed by atoms with Crippen molar-refractivity contribution in [2.45, 2.75) is 85.4 Å². The second-order valence-corrected chi connectivity index (χ2v) is 16.4. The number of halogens is 1. The Balaban J connectivity index is 1.05. The predicted molar refractivity (Wildman–Crippen MR) is 192 cm³/mol. The number of aryl methyl sites for hydroxylation is 1. The van der Waals surface area contributed by atoms with E-state index in [1.54, 1.807) is 24.9 Å². The summed E-state index contributed by atoms with van der Waals surface area (Å²) in [6.07, 6.45) is 10.7. The molecular weight excluding hydrogens is 615 g/mol. The van der Waals surface area contributed by atoms with Crippen molar-refractivity contribution in [3.8, 4) is 5.69 Å². The number of amides is 2. The van der Waals surface area contributed by atoms with E-state index in [0.29, 0.717) is 47.0 Å². The van der Waals surface area contributed by atoms with Gasteiger partial charge >= 0.3 is 0 Å². The van der Waals surface area contributed by atoms with Gasteiger partial charge in [-0.15, -0.1) is 0 Å². The van der Waals surface area contributed by atoms with Crippen molar-refractivity contribution in [3.05, 3.63) is 59.3 Å². The molecule has 9 heteroatoms. The number of carbonyl (C=O) groups excluding carboxylic acids is 2. The largest absolute Gasteiger partial charge is 0.342 e. The number of rotatable bonds is 9. The zero-order valence-corrected chi connectivity index (χ0v) is 30.5. The van der Waals surface area contributed by atoms with E-state index in [2.05, 4.69) is 51.2 Å². The molecule has 4 atom stereocenters. The molecule has 0 spiro atoms. The van der Waals surface area contributed by atoms with Gasteiger partial charge in [0.2, 0.25) is 5.91 Å². The van der Waals surface area contributed by atoms with Crippen molar-refractivity contribution in [1.29, 1.82) is 0 Å². The standard InChI is InChI=1S/C40H55FN6O2/c1-24(2)39(29-13-34(14-29)46-21-31-19-45(27(6)48)20-32(31)22-46)44-11-10-28(18-44)12-30-23-47(37-17-42-16-26(5)38(30)37)36-9-8-33(41)15-35(36)40(49)43(7)25(3)4/h8-9,15-17,23-25,28-29,31-32,34,39H,10-14,18-22H2,1-7H3/t28-,29?,31+,32?,34?,39?/m0/s1. The SMILES string of the molecule is CC(=O)N1CC2CN(C3CC(C(C(C)C)N4CC[C@@H](Cc5cn(-c6ccc(F)cc6C(=O)N(C)C(C)C)c6cncc(C)c56)C4)C3)C[C@H]2C1. The zero-order chi connectivity index (χ0) is 34.7. The van der Waals surface area contributed by atoms with Crippen LogP contribution in [0.15, 0.2) is 36.8 Å². The smallest absolute Gasteiger partial charge is 0.256 e. The van der Waals surface area contributed by atoms with Gasteiger partial charge in [0.1, 0.15) is 5.82 Å². The molecule has 1 aliphatic carbocycles. The molecule has 0 N–H and O–H groups in total. The van der Waals surface area contributed by atoms with Gasteiger partial charge in [-0.05, 0) is 112 Å². The molecule has 2 amide bonds. The van der Waals surface area contributed by atoms with E-state index in [9.17, 15) is 14.0 Å². The van der Waals surface area contributed by atoms with Crippen LogP contribution in [0.2, 0.25) is 0 Å². The van der Waals surface area contributed by atoms with Crippen LogP contribution in [0.4, 0.5) is 4.39 Å². The quantitative estimate of drug-likeness (QED) is 0.278. The maximum absolute atomic E-state index is 14.6. The molecule has 2 unspecified atom stereocenters. The van der Waals surface area contributed by atoms with Gasteiger partial charge < -0.3 is 14.4 Å². The molecule has 1 saturated carbocycles. The summed E-state index contributed by atoms with van der Waals surface area (Å²) in [4.78, 5) is 39.2. The number of hydrogen-bond donors (Lipinski definition) is 0. The molecule has 5 heterocycles. The minimum absolute atomic E-state index is 0.00435. The molecule has 3 aromatic rings. The third kappa shape index (κ3) is 6.42. The highest BCUT2D eigenvalue weighted by atomic mass is 19.1. The Morgan fingerprint density at radius 2 is 1.73 bits per heavy atom. The maximum Gasteiger partial charge on any atom is 0.256 e. The second-order valence-electron chi connectivity index (χ2n) is 16.4. The lowest BCUT2D eigenvalue weighted by atomic mass is 9.71. The minimum atomic E-state index is -0.414. The van der Waals surface area contributed by atoms with Gasteiger partial charge in [0.05, 0.1) is 23.0 Å². The lowest BCUT2D eigenvalue weighted by Crippen LogP contribution is -2.53. The monoisotopic (exact) mass is 670 g/mol. The first-order chi connectivity index (χ1) is 23.4. The Bertz CT molecular complexity index is 1700. The molecule has 2 aromatic heterocycles. The van der Waals surface area contributed by atoms with Gasteiger partial charge in [0.25, 0.3) is 5.91 Å². The number of fused-ring (bicyclic) bond motifs is 2. The van der Waals surface area contributed by atoms with Gasteiger partial charge in [0.15, 0.2) is 0 Å². The van der Waals surface area contributed by atoms with Crippen LogP contribution in [0.5, 0.6) is 0 Å². The van der Waals surface area contributed by atoms with Gasteiger partial charge in [-0.2, -0.15) is 0 Å². The van der Waals surface area contributed by atoms with Crippen molar-refractivity contribution in [3.63, 3.8) is 0 Å². The Kier molecular flexibility index (Phi) is 9.37. The number of pyridine rings is 1. The van der Waals surface area contributed by atoms with E-state index in [4.69, 9.17) is 0 Å². The van der Waals surface area contributed by atoms with E-state index in [1.165, 1.54) is 42.3 Å². The van der Waals surface area contributed by atoms with Gasteiger partial charge in [0, 0.05) is 82.6 Å². The average Bonchev–Trinajstić information content (AvgIpc) is 3.81. The van der Waals surface area contributed by atoms with Crippen molar-refractivity contribution in [1.82, 2.24) is 29.2 Å². The van der Waals surface area contributed by atoms with Crippen molar-refractivity contribution in [2.75, 3.05) is 46.3 Å². The molecule has 49 heavy (non-hydrogen) atoms. The predicted octanol–water partition coefficient (Wildman–Crippen LogP) is 6.03. The van der Waals surface area contributed by atoms with Crippen molar-refractivity contribution >= 4 is 22.7 Å². The summed E-state index contributed by atoms with van der Waals surface area (Å²) in [5.74, 6) is 2.84. The molecule has 8 nitrogen and oxygen atoms in total. The molecule has 7 rings (SSSR count). The Labute approximate surface area is 291 Å². The van der Waals surface area contributed by atoms with Crippen LogP contribution < -0.4 is 0 Å². The first-order valence-corrected chi connectivity index (χ1v) is 18.6. The van der Waals surface area contributed by atoms with E-state index < -0.39 is 5.82 Å². The maximum atomic E-state index is 14.6. The first-order valence-electron chi connectivity index (χ1n) is 18.6. The zero-order valence-electron chi connectivity index (χ0n) is 30.5. The molecule has 0 radical (unpaired) electrons. The van der Waals surface area contributed by atoms with E-state index in [-0.39, 0.29) is 17.9 Å². The lowest BCUT2D eigenvalue weighted by Gasteiger charge is -2.49. The van der Waals surface area contributed by atoms with E-state index >= 15 is 0 Å². The molecule has 0 bridgehead atoms. The van der Waals surface area contributed by atoms with Crippen LogP contribution in [0, 0.1) is 42.3 Å². The summed E-state index contributed by atoms with van der Waals surface area (Å²) in [5.41, 5.74) is 4.40. The number of likely N-dealkylation sites (tertiary alicyclic amines) is 3. The summed E-state index contributed by atoms with van der Waals surface area (Å²) in [5, 5.41) is 1.19. The van der Waals surface area contributed by atoms with Crippen molar-refractivity contribution < 1.29 is 14.0 Å². The molecule has 4 aliphatic rings. The van der Waals surface area contributed by atoms with Gasteiger partial charge in [-0.1, -0.05) is 13.8 Å². The molecule has 1 aromatic carbocycles. The molecular formula is C40H55FN6O2. The summed E-state index contributed by atoms with van der Waals surface area (Å²) in [7, 11) is 1.77. The van der Waals surface area contributed by atoms with E-state index in [0.717, 1.165) is 62.7 Å². The topological polar surface area (TPSA) is 64.9 Å². The van der Waals surface area contributed by atoms with Crippen LogP contribution >= 0.6 is 0 Å². The van der Waals surface area contributed by atoms with Crippen LogP contribution in [0.3, 0.4) is 0 Å². The fraction of sp³-hybridized carbons (Fsp3) is 0.625. The number of carbonyl (C=O) groups is 2. The Morgan fingerprint density at radius 1 is 1.02 bits per heavy atom. The number of benzene rings is 1. The van der Waals surface area contributed by atoms with Crippen molar-refractivity contribution in [2.24, 2.45) is 29.6 Å². The number of aromatic nitrogens is 2. The minimum Gasteiger partial charge on any atom is -0.342 e. The van der Waals surface area contributed by atoms with Crippen LogP contribution in [0.1, 0.15) is 75.4 Å². The van der Waals surface area contributed by atoms with Crippen LogP contribution in [-0.4, -0.2) is 105 Å². The normalized spacial score (nSPS) is 26.6. The molecule has 3 aliphatic heterocycles. The molecule has 264 valence electrons. The highest BCUT2D eigenvalue weighted by Gasteiger charge is 2.48. The first kappa shape index (κ1) is 34.2. The number of hydrogen-bond acceptors (Lipinski definition) is 5. The number of nitrogens with zero attached hydrogens (tertiary/aromatic N) is 6. The van der Waals surface area contributed by atoms with Crippen LogP contribution in [0.25, 0.3) is 16.6 Å². The van der Waals surface area contributed by atoms with Crippen LogP contribution in [-0.2, 0) is 11.2 Å². The van der Waals surface area contributed by atoms with Gasteiger partial charge in [-0.25, -0.2) is 4.39 Å². The average molecular weight is 671 g/mol.